The summed E-state index contributed by atoms with van der Waals surface area (Å²) in [6.45, 7) is 1.55. The van der Waals surface area contributed by atoms with Crippen LogP contribution in [0.15, 0.2) is 53.4 Å². The Morgan fingerprint density at radius 3 is 2.38 bits per heavy atom. The average Bonchev–Trinajstić information content (AvgIpc) is 3.43. The zero-order chi connectivity index (χ0) is 24.7. The Hall–Kier alpha value is -2.60. The van der Waals surface area contributed by atoms with E-state index < -0.39 is 38.5 Å². The second-order valence-corrected chi connectivity index (χ2v) is 11.8. The molecule has 2 aromatic rings. The molecule has 2 fully saturated rings. The van der Waals surface area contributed by atoms with Crippen LogP contribution in [0, 0.1) is 11.3 Å². The second kappa shape index (κ2) is 9.21. The summed E-state index contributed by atoms with van der Waals surface area (Å²) in [4.78, 5) is 27.9. The van der Waals surface area contributed by atoms with Crippen molar-refractivity contribution < 1.29 is 18.0 Å². The van der Waals surface area contributed by atoms with Crippen LogP contribution < -0.4 is 5.32 Å². The molecule has 178 valence electrons. The van der Waals surface area contributed by atoms with Crippen LogP contribution in [-0.2, 0) is 19.4 Å². The normalized spacial score (nSPS) is 22.0. The van der Waals surface area contributed by atoms with Crippen LogP contribution >= 0.6 is 23.2 Å². The summed E-state index contributed by atoms with van der Waals surface area (Å²) in [6.07, 6.45) is 0.969. The topological polar surface area (TPSA) is 107 Å². The van der Waals surface area contributed by atoms with E-state index in [-0.39, 0.29) is 28.8 Å². The number of rotatable bonds is 6. The largest absolute Gasteiger partial charge is 0.336 e. The van der Waals surface area contributed by atoms with E-state index >= 15 is 0 Å². The van der Waals surface area contributed by atoms with E-state index in [0.29, 0.717) is 23.4 Å². The molecule has 1 aliphatic heterocycles. The number of nitriles is 1. The first-order valence-electron chi connectivity index (χ1n) is 10.9. The molecule has 0 spiro atoms. The fourth-order valence-electron chi connectivity index (χ4n) is 4.22. The lowest BCUT2D eigenvalue weighted by Crippen LogP contribution is -2.50. The minimum atomic E-state index is -3.92. The zero-order valence-electron chi connectivity index (χ0n) is 18.4. The molecular formula is C24H23Cl2N3O4S. The maximum Gasteiger partial charge on any atom is 0.244 e. The van der Waals surface area contributed by atoms with Gasteiger partial charge >= 0.3 is 0 Å². The van der Waals surface area contributed by atoms with E-state index in [4.69, 9.17) is 23.2 Å². The summed E-state index contributed by atoms with van der Waals surface area (Å²) >= 11 is 12.1. The second-order valence-electron chi connectivity index (χ2n) is 8.80. The van der Waals surface area contributed by atoms with E-state index in [0.717, 1.165) is 0 Å². The minimum absolute atomic E-state index is 0.0310. The van der Waals surface area contributed by atoms with Crippen LogP contribution in [0.5, 0.6) is 0 Å². The highest BCUT2D eigenvalue weighted by atomic mass is 35.5. The molecule has 1 N–H and O–H groups in total. The van der Waals surface area contributed by atoms with Crippen molar-refractivity contribution >= 4 is 44.9 Å². The van der Waals surface area contributed by atoms with Crippen LogP contribution in [0.3, 0.4) is 0 Å². The molecule has 2 unspecified atom stereocenters. The Morgan fingerprint density at radius 2 is 1.79 bits per heavy atom. The van der Waals surface area contributed by atoms with Crippen molar-refractivity contribution in [2.45, 2.75) is 53.8 Å². The molecule has 1 heterocycles. The molecule has 3 atom stereocenters. The quantitative estimate of drug-likeness (QED) is 0.625. The summed E-state index contributed by atoms with van der Waals surface area (Å²) in [5.74, 6) is -1.52. The van der Waals surface area contributed by atoms with Gasteiger partial charge in [-0.25, -0.2) is 8.42 Å². The van der Waals surface area contributed by atoms with Crippen molar-refractivity contribution in [3.63, 3.8) is 0 Å². The maximum atomic E-state index is 13.5. The lowest BCUT2D eigenvalue weighted by atomic mass is 9.99. The van der Waals surface area contributed by atoms with Crippen LogP contribution in [0.2, 0.25) is 10.0 Å². The Morgan fingerprint density at radius 1 is 1.15 bits per heavy atom. The molecule has 2 aromatic carbocycles. The number of benzene rings is 2. The molecule has 34 heavy (non-hydrogen) atoms. The van der Waals surface area contributed by atoms with Crippen molar-refractivity contribution in [3.8, 4) is 6.07 Å². The highest BCUT2D eigenvalue weighted by Gasteiger charge is 2.50. The lowest BCUT2D eigenvalue weighted by molar-refractivity contribution is -0.139. The van der Waals surface area contributed by atoms with Gasteiger partial charge in [-0.05, 0) is 56.0 Å². The Labute approximate surface area is 208 Å². The molecule has 1 aliphatic carbocycles. The van der Waals surface area contributed by atoms with Gasteiger partial charge in [-0.2, -0.15) is 5.26 Å². The van der Waals surface area contributed by atoms with Gasteiger partial charge in [0, 0.05) is 11.6 Å². The van der Waals surface area contributed by atoms with Gasteiger partial charge in [0.05, 0.1) is 27.2 Å². The van der Waals surface area contributed by atoms with Gasteiger partial charge in [0.2, 0.25) is 11.8 Å². The highest BCUT2D eigenvalue weighted by Crippen LogP contribution is 2.37. The van der Waals surface area contributed by atoms with E-state index in [9.17, 15) is 23.3 Å². The van der Waals surface area contributed by atoms with Crippen molar-refractivity contribution in [3.05, 3.63) is 64.1 Å². The predicted molar refractivity (Wildman–Crippen MR) is 128 cm³/mol. The molecule has 2 amide bonds. The molecule has 7 nitrogen and oxygen atoms in total. The summed E-state index contributed by atoms with van der Waals surface area (Å²) in [7, 11) is -3.92. The van der Waals surface area contributed by atoms with Crippen LogP contribution in [-0.4, -0.2) is 48.5 Å². The van der Waals surface area contributed by atoms with Crippen molar-refractivity contribution in [2.24, 2.45) is 0 Å². The van der Waals surface area contributed by atoms with Gasteiger partial charge < -0.3 is 10.2 Å². The van der Waals surface area contributed by atoms with E-state index in [1.54, 1.807) is 43.3 Å². The summed E-state index contributed by atoms with van der Waals surface area (Å²) < 4.78 is 26.8. The molecule has 4 rings (SSSR count). The Kier molecular flexibility index (Phi) is 6.65. The van der Waals surface area contributed by atoms with Gasteiger partial charge in [0.25, 0.3) is 0 Å². The van der Waals surface area contributed by atoms with Gasteiger partial charge in [-0.1, -0.05) is 47.5 Å². The van der Waals surface area contributed by atoms with E-state index in [1.807, 2.05) is 0 Å². The van der Waals surface area contributed by atoms with Gasteiger partial charge in [-0.3, -0.25) is 9.59 Å². The SMILES string of the molecule is C[C@@H](C(=O)N1CC(S(=O)(=O)c2ccccc2Cl)CC1C(=O)NC1(C#N)CC1)c1ccc(Cl)cc1. The van der Waals surface area contributed by atoms with Crippen LogP contribution in [0.4, 0.5) is 0 Å². The molecule has 2 aliphatic rings. The van der Waals surface area contributed by atoms with Crippen molar-refractivity contribution in [1.29, 1.82) is 5.26 Å². The zero-order valence-corrected chi connectivity index (χ0v) is 20.7. The fourth-order valence-corrected chi connectivity index (χ4v) is 6.57. The number of likely N-dealkylation sites (tertiary alicyclic amines) is 1. The standard InChI is InChI=1S/C24H23Cl2N3O4S/c1-15(16-6-8-17(25)9-7-16)23(31)29-13-18(34(32,33)21-5-3-2-4-19(21)26)12-20(29)22(30)28-24(14-27)10-11-24/h2-9,15,18,20H,10-13H2,1H3,(H,28,30)/t15-,18?,20?/m1/s1. The number of nitrogens with zero attached hydrogens (tertiary/aromatic N) is 2. The van der Waals surface area contributed by atoms with Gasteiger partial charge in [0.15, 0.2) is 9.84 Å². The highest BCUT2D eigenvalue weighted by molar-refractivity contribution is 7.92. The molecule has 0 bridgehead atoms. The smallest absolute Gasteiger partial charge is 0.244 e. The molecule has 10 heteroatoms. The summed E-state index contributed by atoms with van der Waals surface area (Å²) in [6, 6.07) is 14.0. The number of nitrogens with one attached hydrogen (secondary N) is 1. The van der Waals surface area contributed by atoms with Crippen molar-refractivity contribution in [1.82, 2.24) is 10.2 Å². The minimum Gasteiger partial charge on any atom is -0.336 e. The van der Waals surface area contributed by atoms with E-state index in [1.165, 1.54) is 17.0 Å². The van der Waals surface area contributed by atoms with Gasteiger partial charge in [-0.15, -0.1) is 0 Å². The van der Waals surface area contributed by atoms with Crippen LogP contribution in [0.25, 0.3) is 0 Å². The maximum absolute atomic E-state index is 13.5. The number of hydrogen-bond acceptors (Lipinski definition) is 5. The molecule has 0 radical (unpaired) electrons. The number of sulfone groups is 1. The third-order valence-electron chi connectivity index (χ3n) is 6.50. The lowest BCUT2D eigenvalue weighted by Gasteiger charge is -2.27. The fraction of sp³-hybridized carbons (Fsp3) is 0.375. The molecule has 1 saturated carbocycles. The monoisotopic (exact) mass is 519 g/mol. The number of carbonyl (C=O) groups is 2. The van der Waals surface area contributed by atoms with Crippen LogP contribution in [0.1, 0.15) is 37.7 Å². The first kappa shape index (κ1) is 24.5. The Balaban J connectivity index is 1.65. The predicted octanol–water partition coefficient (Wildman–Crippen LogP) is 3.71. The Bertz CT molecular complexity index is 1270. The average molecular weight is 520 g/mol. The van der Waals surface area contributed by atoms with Crippen molar-refractivity contribution in [2.75, 3.05) is 6.54 Å². The van der Waals surface area contributed by atoms with E-state index in [2.05, 4.69) is 11.4 Å². The number of hydrogen-bond donors (Lipinski definition) is 1. The third kappa shape index (κ3) is 4.65. The molecular weight excluding hydrogens is 497 g/mol. The molecule has 1 saturated heterocycles. The third-order valence-corrected chi connectivity index (χ3v) is 9.38. The molecule has 0 aromatic heterocycles. The van der Waals surface area contributed by atoms with Gasteiger partial charge in [0.1, 0.15) is 11.6 Å². The first-order valence-corrected chi connectivity index (χ1v) is 13.2. The number of carbonyl (C=O) groups excluding carboxylic acids is 2. The summed E-state index contributed by atoms with van der Waals surface area (Å²) in [5, 5.41) is 11.7. The summed E-state index contributed by atoms with van der Waals surface area (Å²) in [5.41, 5.74) is -0.241. The number of halogens is 2. The number of amides is 2. The first-order chi connectivity index (χ1) is 16.1.